The smallest absolute Gasteiger partial charge is 0.407 e. The maximum absolute atomic E-state index is 11.9. The van der Waals surface area contributed by atoms with Gasteiger partial charge in [0.15, 0.2) is 0 Å². The lowest BCUT2D eigenvalue weighted by molar-refractivity contribution is -0.146. The van der Waals surface area contributed by atoms with E-state index in [-0.39, 0.29) is 52.9 Å². The molecule has 0 aliphatic heterocycles. The van der Waals surface area contributed by atoms with Crippen LogP contribution in [-0.2, 0) is 33.3 Å². The van der Waals surface area contributed by atoms with E-state index in [2.05, 4.69) is 16.8 Å². The Morgan fingerprint density at radius 2 is 1.50 bits per heavy atom. The van der Waals surface area contributed by atoms with Crippen LogP contribution in [0.15, 0.2) is 11.5 Å². The number of rotatable bonds is 18. The molecule has 200 valence electrons. The quantitative estimate of drug-likeness (QED) is 0.216. The van der Waals surface area contributed by atoms with Crippen molar-refractivity contribution in [2.24, 2.45) is 0 Å². The van der Waals surface area contributed by atoms with Crippen LogP contribution in [0.2, 0.25) is 0 Å². The Kier molecular flexibility index (Phi) is 20.8. The van der Waals surface area contributed by atoms with E-state index in [0.717, 1.165) is 25.7 Å². The average molecular weight is 508 g/mol. The van der Waals surface area contributed by atoms with Gasteiger partial charge in [0.25, 0.3) is 0 Å². The number of ketones is 1. The van der Waals surface area contributed by atoms with Crippen molar-refractivity contribution in [1.29, 1.82) is 0 Å². The zero-order chi connectivity index (χ0) is 24.2. The molecular weight excluding hydrogens is 462 g/mol. The largest absolute Gasteiger partial charge is 0.463 e. The molecule has 0 bridgehead atoms. The number of carbonyl (C=O) groups excluding carboxylic acids is 3. The van der Waals surface area contributed by atoms with Crippen LogP contribution in [0, 0.1) is 0 Å². The number of Topliss-reactive ketones (excluding diaryl/α,β-unsaturated/α-hetero) is 1. The van der Waals surface area contributed by atoms with Crippen LogP contribution in [-0.4, -0.2) is 82.0 Å². The minimum Gasteiger partial charge on any atom is -0.463 e. The second-order valence-electron chi connectivity index (χ2n) is 7.60. The van der Waals surface area contributed by atoms with Gasteiger partial charge in [0.2, 0.25) is 0 Å². The summed E-state index contributed by atoms with van der Waals surface area (Å²) < 4.78 is 26.5. The Morgan fingerprint density at radius 3 is 2.09 bits per heavy atom. The van der Waals surface area contributed by atoms with Crippen molar-refractivity contribution < 1.29 is 39.5 Å². The van der Waals surface area contributed by atoms with E-state index in [1.54, 1.807) is 0 Å². The first-order valence-corrected chi connectivity index (χ1v) is 12.5. The first kappa shape index (κ1) is 32.4. The Hall–Kier alpha value is -1.62. The van der Waals surface area contributed by atoms with Crippen LogP contribution in [0.4, 0.5) is 4.79 Å². The van der Waals surface area contributed by atoms with Gasteiger partial charge in [-0.3, -0.25) is 4.79 Å². The van der Waals surface area contributed by atoms with E-state index in [9.17, 15) is 14.4 Å². The minimum atomic E-state index is -0.396. The normalized spacial score (nSPS) is 17.7. The summed E-state index contributed by atoms with van der Waals surface area (Å²) in [5.74, 6) is -0.432. The lowest BCUT2D eigenvalue weighted by Crippen LogP contribution is -2.33. The highest BCUT2D eigenvalue weighted by atomic mass is 32.2. The number of thioether (sulfide) groups is 1. The molecule has 1 saturated carbocycles. The second-order valence-corrected chi connectivity index (χ2v) is 8.81. The molecule has 1 fully saturated rings. The molecule has 0 aromatic rings. The van der Waals surface area contributed by atoms with Crippen molar-refractivity contribution in [2.75, 3.05) is 52.8 Å². The molecule has 1 rings (SSSR count). The molecule has 0 aromatic heterocycles. The zero-order valence-electron chi connectivity index (χ0n) is 19.9. The molecule has 0 atom stereocenters. The lowest BCUT2D eigenvalue weighted by Gasteiger charge is -2.27. The van der Waals surface area contributed by atoms with Gasteiger partial charge < -0.3 is 33.8 Å². The number of carbonyl (C=O) groups is 3. The minimum absolute atomic E-state index is 0. The van der Waals surface area contributed by atoms with E-state index in [0.29, 0.717) is 44.8 Å². The van der Waals surface area contributed by atoms with Gasteiger partial charge in [0.05, 0.1) is 46.1 Å². The fourth-order valence-corrected chi connectivity index (χ4v) is 3.92. The van der Waals surface area contributed by atoms with Crippen LogP contribution in [0.3, 0.4) is 0 Å². The summed E-state index contributed by atoms with van der Waals surface area (Å²) in [4.78, 5) is 33.9. The van der Waals surface area contributed by atoms with Crippen LogP contribution in [0.25, 0.3) is 0 Å². The molecule has 9 nitrogen and oxygen atoms in total. The van der Waals surface area contributed by atoms with E-state index >= 15 is 0 Å². The third-order valence-electron chi connectivity index (χ3n) is 4.73. The molecule has 1 aliphatic rings. The molecule has 10 heteroatoms. The monoisotopic (exact) mass is 507 g/mol. The van der Waals surface area contributed by atoms with Crippen LogP contribution >= 0.6 is 11.8 Å². The van der Waals surface area contributed by atoms with Crippen molar-refractivity contribution in [3.05, 3.63) is 11.5 Å². The highest BCUT2D eigenvalue weighted by Gasteiger charge is 2.23. The summed E-state index contributed by atoms with van der Waals surface area (Å²) in [7, 11) is 0. The summed E-state index contributed by atoms with van der Waals surface area (Å²) in [6, 6.07) is 0. The Balaban J connectivity index is 0. The zero-order valence-corrected chi connectivity index (χ0v) is 20.7. The van der Waals surface area contributed by atoms with Gasteiger partial charge in [-0.2, -0.15) is 0 Å². The van der Waals surface area contributed by atoms with E-state index in [1.165, 1.54) is 6.92 Å². The van der Waals surface area contributed by atoms with Crippen molar-refractivity contribution in [3.8, 4) is 0 Å². The van der Waals surface area contributed by atoms with Gasteiger partial charge in [-0.25, -0.2) is 4.79 Å². The fourth-order valence-electron chi connectivity index (χ4n) is 3.00. The SMILES string of the molecule is C.C/C=C\SC1CCC(OC(=O)NCCOCCOCCOCCOC(=O)CCC(C)=O)CC1.[HH]. The number of alkyl carbamates (subject to hydrolysis) is 1. The predicted molar refractivity (Wildman–Crippen MR) is 135 cm³/mol. The average Bonchev–Trinajstić information content (AvgIpc) is 2.80. The van der Waals surface area contributed by atoms with Crippen molar-refractivity contribution in [3.63, 3.8) is 0 Å². The molecule has 1 amide bonds. The molecular formula is C24H45NO8S. The first-order valence-electron chi connectivity index (χ1n) is 11.6. The van der Waals surface area contributed by atoms with Crippen molar-refractivity contribution in [2.45, 2.75) is 71.2 Å². The number of esters is 1. The Morgan fingerprint density at radius 1 is 0.912 bits per heavy atom. The van der Waals surface area contributed by atoms with Crippen molar-refractivity contribution >= 4 is 29.6 Å². The summed E-state index contributed by atoms with van der Waals surface area (Å²) in [6.07, 6.45) is 5.92. The standard InChI is InChI=1S/C23H39NO8S.CH4.H2/c1-3-18-33-21-7-5-20(6-8-21)32-23(27)24-10-11-28-12-13-29-14-15-30-16-17-31-22(26)9-4-19(2)25;;/h3,18,20-21H,4-17H2,1-2H3,(H,24,27);1H4;1H/b18-3-;;. The molecule has 0 heterocycles. The molecule has 0 aromatic carbocycles. The summed E-state index contributed by atoms with van der Waals surface area (Å²) in [6.45, 7) is 6.29. The molecule has 1 N–H and O–H groups in total. The van der Waals surface area contributed by atoms with E-state index in [4.69, 9.17) is 23.7 Å². The molecule has 0 unspecified atom stereocenters. The second kappa shape index (κ2) is 21.9. The van der Waals surface area contributed by atoms with Gasteiger partial charge in [-0.15, -0.1) is 11.8 Å². The van der Waals surface area contributed by atoms with Gasteiger partial charge in [-0.1, -0.05) is 13.5 Å². The summed E-state index contributed by atoms with van der Waals surface area (Å²) in [5, 5.41) is 5.46. The number of nitrogens with one attached hydrogen (secondary N) is 1. The van der Waals surface area contributed by atoms with Gasteiger partial charge >= 0.3 is 12.1 Å². The van der Waals surface area contributed by atoms with Gasteiger partial charge in [-0.05, 0) is 44.9 Å². The van der Waals surface area contributed by atoms with Crippen LogP contribution in [0.5, 0.6) is 0 Å². The highest BCUT2D eigenvalue weighted by Crippen LogP contribution is 2.30. The summed E-state index contributed by atoms with van der Waals surface area (Å²) in [5.41, 5.74) is 0. The number of amides is 1. The van der Waals surface area contributed by atoms with E-state index in [1.807, 2.05) is 18.7 Å². The van der Waals surface area contributed by atoms with Gasteiger partial charge in [0, 0.05) is 19.6 Å². The predicted octanol–water partition coefficient (Wildman–Crippen LogP) is 4.13. The molecule has 1 aliphatic carbocycles. The topological polar surface area (TPSA) is 109 Å². The lowest BCUT2D eigenvalue weighted by atomic mass is 9.97. The van der Waals surface area contributed by atoms with Gasteiger partial charge in [0.1, 0.15) is 18.5 Å². The number of allylic oxidation sites excluding steroid dienone is 1. The van der Waals surface area contributed by atoms with Crippen LogP contribution in [0.1, 0.15) is 61.2 Å². The molecule has 34 heavy (non-hydrogen) atoms. The maximum atomic E-state index is 11.9. The third kappa shape index (κ3) is 18.8. The Labute approximate surface area is 210 Å². The number of hydrogen-bond donors (Lipinski definition) is 1. The van der Waals surface area contributed by atoms with Crippen LogP contribution < -0.4 is 5.32 Å². The molecule has 0 spiro atoms. The highest BCUT2D eigenvalue weighted by molar-refractivity contribution is 8.02. The summed E-state index contributed by atoms with van der Waals surface area (Å²) >= 11 is 1.86. The Bertz CT molecular complexity index is 586. The molecule has 0 radical (unpaired) electrons. The fraction of sp³-hybridized carbons (Fsp3) is 0.792. The maximum Gasteiger partial charge on any atom is 0.407 e. The number of ether oxygens (including phenoxy) is 5. The van der Waals surface area contributed by atoms with E-state index < -0.39 is 5.97 Å². The van der Waals surface area contributed by atoms with Crippen molar-refractivity contribution in [1.82, 2.24) is 5.32 Å². The third-order valence-corrected chi connectivity index (χ3v) is 6.02. The first-order chi connectivity index (χ1) is 16.0. The number of hydrogen-bond acceptors (Lipinski definition) is 9. The molecule has 0 saturated heterocycles.